The zero-order valence-corrected chi connectivity index (χ0v) is 12.0. The Hall–Kier alpha value is -0.830. The number of aliphatic hydroxyl groups excluding tert-OH is 1. The quantitative estimate of drug-likeness (QED) is 0.786. The molecule has 104 valence electrons. The van der Waals surface area contributed by atoms with E-state index in [0.717, 1.165) is 18.6 Å². The number of allylic oxidation sites excluding steroid dienone is 2. The molecule has 1 unspecified atom stereocenters. The maximum atomic E-state index is 11.5. The van der Waals surface area contributed by atoms with E-state index in [0.29, 0.717) is 17.8 Å². The lowest BCUT2D eigenvalue weighted by molar-refractivity contribution is -0.148. The Labute approximate surface area is 110 Å². The average molecular weight is 254 g/mol. The summed E-state index contributed by atoms with van der Waals surface area (Å²) in [4.78, 5) is 11.5. The van der Waals surface area contributed by atoms with Gasteiger partial charge in [-0.05, 0) is 37.2 Å². The van der Waals surface area contributed by atoms with Gasteiger partial charge in [0.05, 0.1) is 0 Å². The van der Waals surface area contributed by atoms with E-state index in [1.807, 2.05) is 0 Å². The minimum Gasteiger partial charge on any atom is -0.429 e. The van der Waals surface area contributed by atoms with Crippen LogP contribution in [0.25, 0.3) is 0 Å². The van der Waals surface area contributed by atoms with Gasteiger partial charge in [-0.3, -0.25) is 0 Å². The highest BCUT2D eigenvalue weighted by molar-refractivity contribution is 5.74. The minimum absolute atomic E-state index is 0.467. The molecule has 0 bridgehead atoms. The second-order valence-electron chi connectivity index (χ2n) is 5.88. The molecule has 3 atom stereocenters. The summed E-state index contributed by atoms with van der Waals surface area (Å²) in [5, 5.41) is 9.22. The van der Waals surface area contributed by atoms with Crippen LogP contribution in [0.15, 0.2) is 11.8 Å². The fourth-order valence-electron chi connectivity index (χ4n) is 2.35. The van der Waals surface area contributed by atoms with Crippen LogP contribution in [0.5, 0.6) is 0 Å². The summed E-state index contributed by atoms with van der Waals surface area (Å²) < 4.78 is 5.31. The minimum atomic E-state index is -1.05. The third-order valence-corrected chi connectivity index (χ3v) is 3.61. The first-order chi connectivity index (χ1) is 8.40. The molecule has 0 aliphatic heterocycles. The Morgan fingerprint density at radius 1 is 1.39 bits per heavy atom. The molecule has 1 N–H and O–H groups in total. The predicted molar refractivity (Wildman–Crippen MR) is 71.8 cm³/mol. The fourth-order valence-corrected chi connectivity index (χ4v) is 2.35. The zero-order chi connectivity index (χ0) is 13.7. The van der Waals surface area contributed by atoms with Crippen molar-refractivity contribution in [3.8, 4) is 0 Å². The summed E-state index contributed by atoms with van der Waals surface area (Å²) in [7, 11) is 0. The molecule has 18 heavy (non-hydrogen) atoms. The number of hydrogen-bond acceptors (Lipinski definition) is 3. The molecule has 0 heterocycles. The van der Waals surface area contributed by atoms with Crippen molar-refractivity contribution in [3.63, 3.8) is 0 Å². The summed E-state index contributed by atoms with van der Waals surface area (Å²) in [5.74, 6) is 1.75. The van der Waals surface area contributed by atoms with Crippen LogP contribution < -0.4 is 0 Å². The van der Waals surface area contributed by atoms with E-state index in [-0.39, 0.29) is 0 Å². The highest BCUT2D eigenvalue weighted by Crippen LogP contribution is 2.29. The highest BCUT2D eigenvalue weighted by Gasteiger charge is 2.21. The molecule has 3 nitrogen and oxygen atoms in total. The largest absolute Gasteiger partial charge is 0.429 e. The Morgan fingerprint density at radius 2 is 2.06 bits per heavy atom. The third kappa shape index (κ3) is 4.81. The molecule has 0 aromatic rings. The summed E-state index contributed by atoms with van der Waals surface area (Å²) in [6, 6.07) is 0. The third-order valence-electron chi connectivity index (χ3n) is 3.61. The molecule has 1 aliphatic rings. The maximum absolute atomic E-state index is 11.5. The van der Waals surface area contributed by atoms with E-state index < -0.39 is 12.1 Å². The number of rotatable bonds is 3. The molecule has 1 rings (SSSR count). The smallest absolute Gasteiger partial charge is 0.339 e. The van der Waals surface area contributed by atoms with Crippen LogP contribution in [0.1, 0.15) is 53.4 Å². The van der Waals surface area contributed by atoms with E-state index in [2.05, 4.69) is 26.8 Å². The van der Waals surface area contributed by atoms with Gasteiger partial charge in [-0.2, -0.15) is 0 Å². The molecule has 0 amide bonds. The lowest BCUT2D eigenvalue weighted by Crippen LogP contribution is -2.21. The first-order valence-corrected chi connectivity index (χ1v) is 7.00. The molecular formula is C15H26O3. The van der Waals surface area contributed by atoms with Crippen molar-refractivity contribution in [2.45, 2.75) is 59.5 Å². The summed E-state index contributed by atoms with van der Waals surface area (Å²) >= 11 is 0. The average Bonchev–Trinajstić information content (AvgIpc) is 2.23. The second kappa shape index (κ2) is 6.93. The van der Waals surface area contributed by atoms with Gasteiger partial charge in [-0.1, -0.05) is 33.6 Å². The van der Waals surface area contributed by atoms with Crippen LogP contribution in [0, 0.1) is 17.8 Å². The van der Waals surface area contributed by atoms with Gasteiger partial charge in [0.25, 0.3) is 0 Å². The normalized spacial score (nSPS) is 27.1. The van der Waals surface area contributed by atoms with Gasteiger partial charge in [0.15, 0.2) is 0 Å². The van der Waals surface area contributed by atoms with Crippen LogP contribution in [0.4, 0.5) is 0 Å². The molecule has 1 aliphatic carbocycles. The SMILES string of the molecule is CC(O)C(=O)OC1=C[C@H](C(C)C)CCC[C@@H](C)C1. The molecule has 0 saturated carbocycles. The molecular weight excluding hydrogens is 228 g/mol. The maximum Gasteiger partial charge on any atom is 0.339 e. The van der Waals surface area contributed by atoms with Gasteiger partial charge >= 0.3 is 5.97 Å². The van der Waals surface area contributed by atoms with Crippen LogP contribution in [-0.2, 0) is 9.53 Å². The molecule has 0 aromatic carbocycles. The van der Waals surface area contributed by atoms with Crippen LogP contribution in [0.3, 0.4) is 0 Å². The van der Waals surface area contributed by atoms with Gasteiger partial charge in [0.1, 0.15) is 11.9 Å². The number of carbonyl (C=O) groups excluding carboxylic acids is 1. The van der Waals surface area contributed by atoms with Gasteiger partial charge in [-0.15, -0.1) is 0 Å². The van der Waals surface area contributed by atoms with Crippen molar-refractivity contribution in [2.24, 2.45) is 17.8 Å². The number of hydrogen-bond donors (Lipinski definition) is 1. The number of esters is 1. The first-order valence-electron chi connectivity index (χ1n) is 7.00. The van der Waals surface area contributed by atoms with E-state index in [1.165, 1.54) is 19.8 Å². The summed E-state index contributed by atoms with van der Waals surface area (Å²) in [6.07, 6.45) is 5.40. The summed E-state index contributed by atoms with van der Waals surface area (Å²) in [5.41, 5.74) is 0. The molecule has 0 spiro atoms. The second-order valence-corrected chi connectivity index (χ2v) is 5.88. The van der Waals surface area contributed by atoms with Crippen molar-refractivity contribution < 1.29 is 14.6 Å². The number of carbonyl (C=O) groups is 1. The standard InChI is InChI=1S/C15H26O3/c1-10(2)13-7-5-6-11(3)8-14(9-13)18-15(17)12(4)16/h9-13,16H,5-8H2,1-4H3/t11-,12?,13-/m1/s1. The van der Waals surface area contributed by atoms with Crippen molar-refractivity contribution in [3.05, 3.63) is 11.8 Å². The summed E-state index contributed by atoms with van der Waals surface area (Å²) in [6.45, 7) is 8.01. The van der Waals surface area contributed by atoms with Crippen LogP contribution in [0.2, 0.25) is 0 Å². The van der Waals surface area contributed by atoms with Gasteiger partial charge in [-0.25, -0.2) is 4.79 Å². The number of aliphatic hydroxyl groups is 1. The molecule has 0 saturated heterocycles. The van der Waals surface area contributed by atoms with Crippen LogP contribution >= 0.6 is 0 Å². The van der Waals surface area contributed by atoms with Crippen LogP contribution in [-0.4, -0.2) is 17.2 Å². The first kappa shape index (κ1) is 15.2. The molecule has 0 radical (unpaired) electrons. The lowest BCUT2D eigenvalue weighted by Gasteiger charge is -2.24. The van der Waals surface area contributed by atoms with Crippen molar-refractivity contribution in [1.82, 2.24) is 0 Å². The fraction of sp³-hybridized carbons (Fsp3) is 0.800. The zero-order valence-electron chi connectivity index (χ0n) is 12.0. The van der Waals surface area contributed by atoms with E-state index >= 15 is 0 Å². The Kier molecular flexibility index (Phi) is 5.86. The topological polar surface area (TPSA) is 46.5 Å². The Balaban J connectivity index is 2.79. The Morgan fingerprint density at radius 3 is 2.61 bits per heavy atom. The molecule has 3 heteroatoms. The van der Waals surface area contributed by atoms with Crippen molar-refractivity contribution in [2.75, 3.05) is 0 Å². The number of ether oxygens (including phenoxy) is 1. The highest BCUT2D eigenvalue weighted by atomic mass is 16.6. The van der Waals surface area contributed by atoms with E-state index in [9.17, 15) is 9.90 Å². The van der Waals surface area contributed by atoms with E-state index in [4.69, 9.17) is 4.74 Å². The van der Waals surface area contributed by atoms with E-state index in [1.54, 1.807) is 0 Å². The molecule has 0 aromatic heterocycles. The van der Waals surface area contributed by atoms with Gasteiger partial charge in [0.2, 0.25) is 0 Å². The monoisotopic (exact) mass is 254 g/mol. The Bertz CT molecular complexity index is 305. The molecule has 0 fully saturated rings. The predicted octanol–water partition coefficient (Wildman–Crippen LogP) is 3.28. The van der Waals surface area contributed by atoms with Gasteiger partial charge < -0.3 is 9.84 Å². The lowest BCUT2D eigenvalue weighted by atomic mass is 9.85. The van der Waals surface area contributed by atoms with Gasteiger partial charge in [0, 0.05) is 6.42 Å². The van der Waals surface area contributed by atoms with Crippen molar-refractivity contribution in [1.29, 1.82) is 0 Å². The van der Waals surface area contributed by atoms with Crippen molar-refractivity contribution >= 4 is 5.97 Å².